The smallest absolute Gasteiger partial charge is 0.319 e. The van der Waals surface area contributed by atoms with Crippen LogP contribution in [0.5, 0.6) is 0 Å². The lowest BCUT2D eigenvalue weighted by Gasteiger charge is -2.33. The Hall–Kier alpha value is -2.82. The van der Waals surface area contributed by atoms with Crippen molar-refractivity contribution in [3.05, 3.63) is 51.2 Å². The van der Waals surface area contributed by atoms with Gasteiger partial charge in [-0.2, -0.15) is 0 Å². The van der Waals surface area contributed by atoms with Crippen molar-refractivity contribution in [2.45, 2.75) is 25.8 Å². The van der Waals surface area contributed by atoms with Crippen molar-refractivity contribution in [1.29, 1.82) is 0 Å². The van der Waals surface area contributed by atoms with Gasteiger partial charge in [0, 0.05) is 12.1 Å². The van der Waals surface area contributed by atoms with Crippen LogP contribution in [0.3, 0.4) is 0 Å². The van der Waals surface area contributed by atoms with Crippen molar-refractivity contribution in [3.8, 4) is 11.8 Å². The number of carbonyl (C=O) groups is 2. The first kappa shape index (κ1) is 19.0. The summed E-state index contributed by atoms with van der Waals surface area (Å²) in [6, 6.07) is 8.88. The summed E-state index contributed by atoms with van der Waals surface area (Å²) in [6.45, 7) is 3.55. The Balaban J connectivity index is 1.96. The lowest BCUT2D eigenvalue weighted by atomic mass is 10.1. The number of nitrogens with one attached hydrogen (secondary N) is 1. The van der Waals surface area contributed by atoms with E-state index in [1.54, 1.807) is 6.07 Å². The molecule has 7 heteroatoms. The molecule has 1 aliphatic rings. The fraction of sp³-hybridized carbons (Fsp3) is 0.300. The lowest BCUT2D eigenvalue weighted by Crippen LogP contribution is -2.51. The van der Waals surface area contributed by atoms with Gasteiger partial charge in [0.25, 0.3) is 5.91 Å². The molecular formula is C20H22N4O2S. The Morgan fingerprint density at radius 1 is 1.22 bits per heavy atom. The first-order chi connectivity index (χ1) is 13.0. The van der Waals surface area contributed by atoms with E-state index in [-0.39, 0.29) is 6.04 Å². The molecule has 2 aromatic rings. The van der Waals surface area contributed by atoms with Gasteiger partial charge < -0.3 is 16.8 Å². The number of amides is 3. The quantitative estimate of drug-likeness (QED) is 0.709. The highest BCUT2D eigenvalue weighted by Gasteiger charge is 2.29. The zero-order valence-electron chi connectivity index (χ0n) is 15.1. The predicted octanol–water partition coefficient (Wildman–Crippen LogP) is 2.19. The number of piperidine rings is 1. The van der Waals surface area contributed by atoms with Crippen LogP contribution < -0.4 is 21.7 Å². The second kappa shape index (κ2) is 8.25. The van der Waals surface area contributed by atoms with Crippen LogP contribution in [0, 0.1) is 18.8 Å². The number of nitrogens with zero attached hydrogens (tertiary/aromatic N) is 1. The third kappa shape index (κ3) is 4.48. The van der Waals surface area contributed by atoms with Crippen molar-refractivity contribution in [2.24, 2.45) is 11.5 Å². The maximum atomic E-state index is 12.1. The molecule has 6 nitrogen and oxygen atoms in total. The van der Waals surface area contributed by atoms with E-state index in [1.165, 1.54) is 16.2 Å². The van der Waals surface area contributed by atoms with E-state index < -0.39 is 11.9 Å². The van der Waals surface area contributed by atoms with Crippen LogP contribution in [0.15, 0.2) is 30.3 Å². The number of primary amides is 2. The summed E-state index contributed by atoms with van der Waals surface area (Å²) in [5.41, 5.74) is 13.7. The van der Waals surface area contributed by atoms with Crippen molar-refractivity contribution in [3.63, 3.8) is 0 Å². The molecule has 0 bridgehead atoms. The SMILES string of the molecule is Cc1ccc(C#Cc2cc(N(C(N)=O)[C@H]3CCCNC3)c(C(N)=O)s2)cc1. The van der Waals surface area contributed by atoms with E-state index >= 15 is 0 Å². The summed E-state index contributed by atoms with van der Waals surface area (Å²) in [5.74, 6) is 5.55. The number of rotatable bonds is 3. The van der Waals surface area contributed by atoms with Crippen molar-refractivity contribution < 1.29 is 9.59 Å². The third-order valence-electron chi connectivity index (χ3n) is 4.45. The zero-order valence-corrected chi connectivity index (χ0v) is 15.9. The Kier molecular flexibility index (Phi) is 5.79. The van der Waals surface area contributed by atoms with Gasteiger partial charge in [-0.15, -0.1) is 11.3 Å². The maximum Gasteiger partial charge on any atom is 0.319 e. The molecule has 1 aromatic carbocycles. The van der Waals surface area contributed by atoms with Crippen molar-refractivity contribution >= 4 is 29.0 Å². The number of aryl methyl sites for hydroxylation is 1. The summed E-state index contributed by atoms with van der Waals surface area (Å²) in [4.78, 5) is 26.5. The molecule has 27 heavy (non-hydrogen) atoms. The molecule has 3 rings (SSSR count). The fourth-order valence-electron chi connectivity index (χ4n) is 3.12. The number of hydrogen-bond donors (Lipinski definition) is 3. The van der Waals surface area contributed by atoms with Crippen LogP contribution in [-0.4, -0.2) is 31.1 Å². The zero-order chi connectivity index (χ0) is 19.4. The number of nitrogens with two attached hydrogens (primary N) is 2. The molecule has 3 amide bonds. The van der Waals surface area contributed by atoms with Crippen molar-refractivity contribution in [1.82, 2.24) is 5.32 Å². The summed E-state index contributed by atoms with van der Waals surface area (Å²) >= 11 is 1.18. The molecule has 2 heterocycles. The fourth-order valence-corrected chi connectivity index (χ4v) is 3.97. The van der Waals surface area contributed by atoms with Gasteiger partial charge in [-0.1, -0.05) is 29.5 Å². The van der Waals surface area contributed by atoms with Gasteiger partial charge in [0.1, 0.15) is 4.88 Å². The first-order valence-electron chi connectivity index (χ1n) is 8.77. The molecule has 140 valence electrons. The van der Waals surface area contributed by atoms with E-state index in [0.717, 1.165) is 30.5 Å². The molecule has 1 fully saturated rings. The van der Waals surface area contributed by atoms with Gasteiger partial charge >= 0.3 is 6.03 Å². The number of hydrogen-bond acceptors (Lipinski definition) is 4. The largest absolute Gasteiger partial charge is 0.365 e. The average molecular weight is 382 g/mol. The number of anilines is 1. The van der Waals surface area contributed by atoms with Crippen LogP contribution in [0.1, 0.15) is 38.5 Å². The number of thiophene rings is 1. The standard InChI is InChI=1S/C20H22N4O2S/c1-13-4-6-14(7-5-13)8-9-16-11-17(18(27-16)19(21)25)24(20(22)26)15-3-2-10-23-12-15/h4-7,11,15,23H,2-3,10,12H2,1H3,(H2,21,25)(H2,22,26)/t15-/m0/s1. The van der Waals surface area contributed by atoms with Crippen LogP contribution >= 0.6 is 11.3 Å². The highest BCUT2D eigenvalue weighted by atomic mass is 32.1. The summed E-state index contributed by atoms with van der Waals surface area (Å²) in [5, 5.41) is 3.26. The highest BCUT2D eigenvalue weighted by molar-refractivity contribution is 7.15. The summed E-state index contributed by atoms with van der Waals surface area (Å²) in [7, 11) is 0. The second-order valence-corrected chi connectivity index (χ2v) is 7.57. The average Bonchev–Trinajstić information content (AvgIpc) is 3.06. The molecule has 0 aliphatic carbocycles. The normalized spacial score (nSPS) is 16.3. The van der Waals surface area contributed by atoms with Gasteiger partial charge in [0.05, 0.1) is 16.6 Å². The minimum atomic E-state index is -0.595. The van der Waals surface area contributed by atoms with Crippen LogP contribution in [-0.2, 0) is 0 Å². The summed E-state index contributed by atoms with van der Waals surface area (Å²) in [6.07, 6.45) is 1.75. The van der Waals surface area contributed by atoms with Gasteiger partial charge in [0.2, 0.25) is 0 Å². The molecule has 0 spiro atoms. The minimum absolute atomic E-state index is 0.109. The van der Waals surface area contributed by atoms with Crippen molar-refractivity contribution in [2.75, 3.05) is 18.0 Å². The molecular weight excluding hydrogens is 360 g/mol. The van der Waals surface area contributed by atoms with Crippen LogP contribution in [0.2, 0.25) is 0 Å². The number of urea groups is 1. The number of carbonyl (C=O) groups excluding carboxylic acids is 2. The Morgan fingerprint density at radius 3 is 2.56 bits per heavy atom. The monoisotopic (exact) mass is 382 g/mol. The lowest BCUT2D eigenvalue weighted by molar-refractivity contribution is 0.100. The van der Waals surface area contributed by atoms with Crippen LogP contribution in [0.25, 0.3) is 0 Å². The third-order valence-corrected chi connectivity index (χ3v) is 5.51. The topological polar surface area (TPSA) is 101 Å². The van der Waals surface area contributed by atoms with E-state index in [0.29, 0.717) is 22.0 Å². The number of benzene rings is 1. The van der Waals surface area contributed by atoms with E-state index in [4.69, 9.17) is 11.5 Å². The molecule has 0 radical (unpaired) electrons. The van der Waals surface area contributed by atoms with Gasteiger partial charge in [-0.3, -0.25) is 9.69 Å². The Bertz CT molecular complexity index is 902. The molecule has 1 saturated heterocycles. The molecule has 0 unspecified atom stereocenters. The van der Waals surface area contributed by atoms with E-state index in [1.807, 2.05) is 31.2 Å². The molecule has 1 aromatic heterocycles. The minimum Gasteiger partial charge on any atom is -0.365 e. The molecule has 1 aliphatic heterocycles. The Morgan fingerprint density at radius 2 is 1.96 bits per heavy atom. The van der Waals surface area contributed by atoms with E-state index in [2.05, 4.69) is 17.2 Å². The van der Waals surface area contributed by atoms with Gasteiger partial charge in [-0.05, 0) is 44.5 Å². The maximum absolute atomic E-state index is 12.1. The highest BCUT2D eigenvalue weighted by Crippen LogP contribution is 2.32. The summed E-state index contributed by atoms with van der Waals surface area (Å²) < 4.78 is 0. The first-order valence-corrected chi connectivity index (χ1v) is 9.59. The van der Waals surface area contributed by atoms with Gasteiger partial charge in [-0.25, -0.2) is 4.79 Å². The van der Waals surface area contributed by atoms with Crippen LogP contribution in [0.4, 0.5) is 10.5 Å². The van der Waals surface area contributed by atoms with E-state index in [9.17, 15) is 9.59 Å². The second-order valence-electron chi connectivity index (χ2n) is 6.51. The Labute approximate surface area is 162 Å². The molecule has 0 saturated carbocycles. The van der Waals surface area contributed by atoms with Gasteiger partial charge in [0.15, 0.2) is 0 Å². The molecule has 5 N–H and O–H groups in total. The predicted molar refractivity (Wildman–Crippen MR) is 108 cm³/mol. The molecule has 1 atom stereocenters.